The first-order valence-electron chi connectivity index (χ1n) is 10.7. The first-order valence-corrected chi connectivity index (χ1v) is 11.5. The second-order valence-corrected chi connectivity index (χ2v) is 8.74. The van der Waals surface area contributed by atoms with Crippen molar-refractivity contribution in [3.8, 4) is 11.5 Å². The molecule has 5 nitrogen and oxygen atoms in total. The van der Waals surface area contributed by atoms with Crippen LogP contribution >= 0.6 is 11.8 Å². The van der Waals surface area contributed by atoms with Gasteiger partial charge in [-0.25, -0.2) is 4.99 Å². The van der Waals surface area contributed by atoms with E-state index in [1.54, 1.807) is 4.90 Å². The van der Waals surface area contributed by atoms with E-state index < -0.39 is 0 Å². The second-order valence-electron chi connectivity index (χ2n) is 7.73. The monoisotopic (exact) mass is 438 g/mol. The summed E-state index contributed by atoms with van der Waals surface area (Å²) in [6.45, 7) is 11.9. The van der Waals surface area contributed by atoms with E-state index in [0.717, 1.165) is 17.0 Å². The summed E-state index contributed by atoms with van der Waals surface area (Å²) in [6.07, 6.45) is 1.89. The zero-order valence-electron chi connectivity index (χ0n) is 18.8. The fourth-order valence-electron chi connectivity index (χ4n) is 3.01. The molecule has 2 aromatic carbocycles. The van der Waals surface area contributed by atoms with Crippen molar-refractivity contribution >= 4 is 34.6 Å². The zero-order chi connectivity index (χ0) is 22.4. The molecule has 3 rings (SSSR count). The lowest BCUT2D eigenvalue weighted by molar-refractivity contribution is -0.122. The molecular formula is C25H30N2O3S. The van der Waals surface area contributed by atoms with Crippen LogP contribution in [0.2, 0.25) is 0 Å². The van der Waals surface area contributed by atoms with Gasteiger partial charge in [-0.05, 0) is 74.4 Å². The Hall–Kier alpha value is -2.73. The standard InChI is InChI=1S/C25H30N2O3S/c1-6-27-24(28)23(31-25(27)26-20-11-8-18(5)9-12-20)15-19-10-13-21(30-16-17(3)4)22(14-19)29-7-2/h8-15,17H,6-7,16H2,1-5H3/b23-15+,26-25?. The predicted molar refractivity (Wildman–Crippen MR) is 129 cm³/mol. The molecule has 6 heteroatoms. The van der Waals surface area contributed by atoms with Gasteiger partial charge in [0.15, 0.2) is 16.7 Å². The number of aliphatic imine (C=N–C) groups is 1. The molecule has 1 amide bonds. The topological polar surface area (TPSA) is 51.1 Å². The van der Waals surface area contributed by atoms with Gasteiger partial charge in [0.05, 0.1) is 23.8 Å². The third-order valence-electron chi connectivity index (χ3n) is 4.60. The lowest BCUT2D eigenvalue weighted by atomic mass is 10.1. The Kier molecular flexibility index (Phi) is 7.80. The van der Waals surface area contributed by atoms with Crippen molar-refractivity contribution < 1.29 is 14.3 Å². The molecule has 0 atom stereocenters. The van der Waals surface area contributed by atoms with Gasteiger partial charge in [0.2, 0.25) is 0 Å². The van der Waals surface area contributed by atoms with E-state index in [2.05, 4.69) is 13.8 Å². The van der Waals surface area contributed by atoms with Crippen LogP contribution in [0.25, 0.3) is 6.08 Å². The SMILES string of the molecule is CCOc1cc(/C=C2/SC(=Nc3ccc(C)cc3)N(CC)C2=O)ccc1OCC(C)C. The number of rotatable bonds is 8. The summed E-state index contributed by atoms with van der Waals surface area (Å²) < 4.78 is 11.7. The van der Waals surface area contributed by atoms with E-state index >= 15 is 0 Å². The molecule has 1 aliphatic rings. The van der Waals surface area contributed by atoms with Crippen molar-refractivity contribution in [1.29, 1.82) is 0 Å². The number of carbonyl (C=O) groups is 1. The number of hydrogen-bond acceptors (Lipinski definition) is 5. The summed E-state index contributed by atoms with van der Waals surface area (Å²) in [7, 11) is 0. The fraction of sp³-hybridized carbons (Fsp3) is 0.360. The highest BCUT2D eigenvalue weighted by Gasteiger charge is 2.32. The molecule has 2 aromatic rings. The van der Waals surface area contributed by atoms with Crippen molar-refractivity contribution in [3.63, 3.8) is 0 Å². The molecule has 1 heterocycles. The average Bonchev–Trinajstić information content (AvgIpc) is 3.03. The molecule has 0 saturated carbocycles. The summed E-state index contributed by atoms with van der Waals surface area (Å²) in [6, 6.07) is 13.7. The highest BCUT2D eigenvalue weighted by Crippen LogP contribution is 2.36. The first kappa shape index (κ1) is 22.9. The van der Waals surface area contributed by atoms with Crippen LogP contribution in [0.5, 0.6) is 11.5 Å². The molecule has 0 aromatic heterocycles. The summed E-state index contributed by atoms with van der Waals surface area (Å²) in [4.78, 5) is 20.0. The van der Waals surface area contributed by atoms with Gasteiger partial charge in [-0.15, -0.1) is 0 Å². The van der Waals surface area contributed by atoms with Crippen LogP contribution in [-0.4, -0.2) is 35.7 Å². The Bertz CT molecular complexity index is 981. The lowest BCUT2D eigenvalue weighted by Crippen LogP contribution is -2.28. The molecule has 1 saturated heterocycles. The average molecular weight is 439 g/mol. The number of ether oxygens (including phenoxy) is 2. The zero-order valence-corrected chi connectivity index (χ0v) is 19.7. The predicted octanol–water partition coefficient (Wildman–Crippen LogP) is 6.05. The molecule has 0 bridgehead atoms. The summed E-state index contributed by atoms with van der Waals surface area (Å²) in [5, 5.41) is 0.699. The highest BCUT2D eigenvalue weighted by atomic mass is 32.2. The fourth-order valence-corrected chi connectivity index (χ4v) is 4.07. The number of aryl methyl sites for hydroxylation is 1. The van der Waals surface area contributed by atoms with Crippen molar-refractivity contribution in [2.24, 2.45) is 10.9 Å². The highest BCUT2D eigenvalue weighted by molar-refractivity contribution is 8.18. The first-order chi connectivity index (χ1) is 14.9. The van der Waals surface area contributed by atoms with Gasteiger partial charge in [-0.1, -0.05) is 37.6 Å². The molecule has 0 N–H and O–H groups in total. The van der Waals surface area contributed by atoms with Gasteiger partial charge >= 0.3 is 0 Å². The maximum absolute atomic E-state index is 13.0. The Morgan fingerprint density at radius 1 is 1.06 bits per heavy atom. The maximum Gasteiger partial charge on any atom is 0.266 e. The summed E-state index contributed by atoms with van der Waals surface area (Å²) >= 11 is 1.40. The van der Waals surface area contributed by atoms with Crippen LogP contribution < -0.4 is 9.47 Å². The summed E-state index contributed by atoms with van der Waals surface area (Å²) in [5.74, 6) is 1.81. The minimum atomic E-state index is -0.0311. The molecule has 164 valence electrons. The van der Waals surface area contributed by atoms with E-state index in [-0.39, 0.29) is 5.91 Å². The largest absolute Gasteiger partial charge is 0.490 e. The Morgan fingerprint density at radius 3 is 2.45 bits per heavy atom. The van der Waals surface area contributed by atoms with Crippen molar-refractivity contribution in [2.45, 2.75) is 34.6 Å². The lowest BCUT2D eigenvalue weighted by Gasteiger charge is -2.14. The van der Waals surface area contributed by atoms with E-state index in [1.807, 2.05) is 69.3 Å². The van der Waals surface area contributed by atoms with Crippen LogP contribution in [0.15, 0.2) is 52.4 Å². The van der Waals surface area contributed by atoms with E-state index in [1.165, 1.54) is 17.3 Å². The summed E-state index contributed by atoms with van der Waals surface area (Å²) in [5.41, 5.74) is 2.91. The van der Waals surface area contributed by atoms with Crippen molar-refractivity contribution in [3.05, 3.63) is 58.5 Å². The number of carbonyl (C=O) groups excluding carboxylic acids is 1. The quantitative estimate of drug-likeness (QED) is 0.471. The molecule has 0 spiro atoms. The Balaban J connectivity index is 1.87. The second kappa shape index (κ2) is 10.5. The smallest absolute Gasteiger partial charge is 0.266 e. The normalized spacial score (nSPS) is 16.6. The minimum absolute atomic E-state index is 0.0311. The number of likely N-dealkylation sites (N-methyl/N-ethyl adjacent to an activating group) is 1. The molecule has 0 unspecified atom stereocenters. The molecular weight excluding hydrogens is 408 g/mol. The number of amidine groups is 1. The maximum atomic E-state index is 13.0. The van der Waals surface area contributed by atoms with E-state index in [0.29, 0.717) is 41.5 Å². The van der Waals surface area contributed by atoms with Crippen molar-refractivity contribution in [2.75, 3.05) is 19.8 Å². The van der Waals surface area contributed by atoms with Gasteiger partial charge < -0.3 is 9.47 Å². The van der Waals surface area contributed by atoms with E-state index in [4.69, 9.17) is 14.5 Å². The molecule has 31 heavy (non-hydrogen) atoms. The van der Waals surface area contributed by atoms with Gasteiger partial charge in [0, 0.05) is 6.54 Å². The Labute approximate surface area is 189 Å². The molecule has 1 aliphatic heterocycles. The number of amides is 1. The van der Waals surface area contributed by atoms with Gasteiger partial charge in [-0.2, -0.15) is 0 Å². The van der Waals surface area contributed by atoms with E-state index in [9.17, 15) is 4.79 Å². The minimum Gasteiger partial charge on any atom is -0.490 e. The molecule has 0 aliphatic carbocycles. The van der Waals surface area contributed by atoms with Crippen LogP contribution in [0.3, 0.4) is 0 Å². The van der Waals surface area contributed by atoms with Gasteiger partial charge in [-0.3, -0.25) is 9.69 Å². The van der Waals surface area contributed by atoms with Crippen molar-refractivity contribution in [1.82, 2.24) is 4.90 Å². The van der Waals surface area contributed by atoms with Crippen LogP contribution in [0, 0.1) is 12.8 Å². The third-order valence-corrected chi connectivity index (χ3v) is 5.61. The molecule has 1 fully saturated rings. The number of hydrogen-bond donors (Lipinski definition) is 0. The van der Waals surface area contributed by atoms with Crippen LogP contribution in [0.4, 0.5) is 5.69 Å². The number of benzene rings is 2. The third kappa shape index (κ3) is 5.91. The van der Waals surface area contributed by atoms with Gasteiger partial charge in [0.1, 0.15) is 0 Å². The number of nitrogens with zero attached hydrogens (tertiary/aromatic N) is 2. The van der Waals surface area contributed by atoms with Crippen LogP contribution in [0.1, 0.15) is 38.8 Å². The molecule has 0 radical (unpaired) electrons. The number of thioether (sulfide) groups is 1. The van der Waals surface area contributed by atoms with Crippen LogP contribution in [-0.2, 0) is 4.79 Å². The Morgan fingerprint density at radius 2 is 1.81 bits per heavy atom. The van der Waals surface area contributed by atoms with Gasteiger partial charge in [0.25, 0.3) is 5.91 Å².